The van der Waals surface area contributed by atoms with Gasteiger partial charge in [-0.05, 0) is 254 Å². The molecule has 17 heterocycles. The van der Waals surface area contributed by atoms with E-state index in [0.29, 0.717) is 0 Å². The van der Waals surface area contributed by atoms with Crippen molar-refractivity contribution >= 4 is 290 Å². The Labute approximate surface area is 849 Å². The van der Waals surface area contributed by atoms with Crippen LogP contribution in [0.4, 0.5) is 0 Å². The van der Waals surface area contributed by atoms with Gasteiger partial charge < -0.3 is 8.98 Å². The average Bonchev–Trinajstić information content (AvgIpc) is 1.55. The van der Waals surface area contributed by atoms with E-state index in [1.807, 2.05) is 48.5 Å². The Kier molecular flexibility index (Phi) is 16.4. The van der Waals surface area contributed by atoms with E-state index in [9.17, 15) is 0 Å². The minimum atomic E-state index is 0.847. The molecule has 0 aliphatic carbocycles. The molecule has 0 fully saturated rings. The fourth-order valence-electron chi connectivity index (χ4n) is 23.5. The summed E-state index contributed by atoms with van der Waals surface area (Å²) < 4.78 is 36.1. The first-order chi connectivity index (χ1) is 73.9. The highest BCUT2D eigenvalue weighted by atomic mass is 32.1. The zero-order valence-electron chi connectivity index (χ0n) is 78.4. The van der Waals surface area contributed by atoms with Crippen molar-refractivity contribution < 1.29 is 4.42 Å². The summed E-state index contributed by atoms with van der Waals surface area (Å²) in [6.07, 6.45) is 0. The number of aromatic nitrogens is 22. The molecule has 696 valence electrons. The lowest BCUT2D eigenvalue weighted by Gasteiger charge is -2.10. The molecule has 0 aliphatic rings. The molecule has 26 heteroatoms. The van der Waals surface area contributed by atoms with Gasteiger partial charge in [-0.2, -0.15) is 0 Å². The van der Waals surface area contributed by atoms with Crippen LogP contribution < -0.4 is 0 Å². The van der Waals surface area contributed by atoms with Gasteiger partial charge >= 0.3 is 0 Å². The number of benzene rings is 19. The van der Waals surface area contributed by atoms with E-state index in [2.05, 4.69) is 434 Å². The molecule has 0 amide bonds. The predicted molar refractivity (Wildman–Crippen MR) is 606 cm³/mol. The van der Waals surface area contributed by atoms with Crippen LogP contribution in [-0.4, -0.2) is 103 Å². The zero-order chi connectivity index (χ0) is 96.8. The SMILES string of the molecule is c1ccc2c(c1)nc1sc3nc4ccccc4n3c3cc(-c4ccc5oc6ccc(-n7c8ccccc8n8c9ccccc9nc78)cc6c5c4)ccc3n12.c1ccc2c(c1)nc1sc3nc4ccccc4n3c3cc(-n4c5ccc(-n6c7ccccc7c7ccccc76)cc5n5c6ccccc6nc45)ccc3n12.c1ccc2c(c1)nc1sc3nc4ccccc4n3c3cc(-n4c5ccccc5n5c6ccccc6nc45)ccc3n12. The van der Waals surface area contributed by atoms with Crippen molar-refractivity contribution in [2.75, 3.05) is 0 Å². The maximum Gasteiger partial charge on any atom is 0.220 e. The molecular formula is C123H70N22OS3. The van der Waals surface area contributed by atoms with Crippen LogP contribution in [0.2, 0.25) is 0 Å². The number of furan rings is 1. The summed E-state index contributed by atoms with van der Waals surface area (Å²) in [7, 11) is 0. The second-order valence-electron chi connectivity index (χ2n) is 37.9. The summed E-state index contributed by atoms with van der Waals surface area (Å²) >= 11 is 4.81. The molecule has 0 bridgehead atoms. The van der Waals surface area contributed by atoms with E-state index in [1.54, 1.807) is 34.0 Å². The Bertz CT molecular complexity index is 12300. The van der Waals surface area contributed by atoms with Gasteiger partial charge in [0.2, 0.25) is 17.3 Å². The highest BCUT2D eigenvalue weighted by Gasteiger charge is 2.28. The van der Waals surface area contributed by atoms with Crippen molar-refractivity contribution in [1.29, 1.82) is 0 Å². The van der Waals surface area contributed by atoms with E-state index in [4.69, 9.17) is 49.3 Å². The average molecular weight is 1970 g/mol. The number of nitrogens with zero attached hydrogens (tertiary/aromatic N) is 22. The van der Waals surface area contributed by atoms with Crippen molar-refractivity contribution in [2.24, 2.45) is 0 Å². The number of fused-ring (bicyclic) bond motifs is 48. The lowest BCUT2D eigenvalue weighted by atomic mass is 10.0. The van der Waals surface area contributed by atoms with Crippen molar-refractivity contribution in [3.63, 3.8) is 0 Å². The lowest BCUT2D eigenvalue weighted by molar-refractivity contribution is 0.669. The molecule has 0 N–H and O–H groups in total. The highest BCUT2D eigenvalue weighted by molar-refractivity contribution is 7.22. The number of para-hydroxylation sites is 24. The van der Waals surface area contributed by atoms with E-state index in [1.165, 1.54) is 21.8 Å². The summed E-state index contributed by atoms with van der Waals surface area (Å²) in [5, 5.41) is 4.60. The molecule has 0 radical (unpaired) electrons. The van der Waals surface area contributed by atoms with E-state index >= 15 is 0 Å². The van der Waals surface area contributed by atoms with E-state index in [0.717, 1.165) is 268 Å². The van der Waals surface area contributed by atoms with Crippen molar-refractivity contribution in [3.8, 4) is 33.9 Å². The second kappa shape index (κ2) is 30.3. The summed E-state index contributed by atoms with van der Waals surface area (Å²) in [5.41, 5.74) is 41.7. The van der Waals surface area contributed by atoms with Crippen LogP contribution in [0.3, 0.4) is 0 Å². The predicted octanol–water partition coefficient (Wildman–Crippen LogP) is 30.1. The van der Waals surface area contributed by atoms with Gasteiger partial charge in [0.05, 0.1) is 194 Å². The summed E-state index contributed by atoms with van der Waals surface area (Å²) in [4.78, 5) is 51.3. The number of imidazole rings is 12. The minimum Gasteiger partial charge on any atom is -0.456 e. The third-order valence-corrected chi connectivity index (χ3v) is 32.6. The van der Waals surface area contributed by atoms with Crippen LogP contribution >= 0.6 is 34.0 Å². The van der Waals surface area contributed by atoms with Crippen LogP contribution in [0, 0.1) is 0 Å². The molecule has 0 saturated heterocycles. The molecule has 19 aromatic carbocycles. The van der Waals surface area contributed by atoms with Crippen LogP contribution in [0.25, 0.3) is 290 Å². The maximum absolute atomic E-state index is 6.45. The summed E-state index contributed by atoms with van der Waals surface area (Å²) in [6, 6.07) is 149. The lowest BCUT2D eigenvalue weighted by Crippen LogP contribution is -1.98. The number of rotatable bonds is 5. The molecule has 36 aromatic rings. The first-order valence-electron chi connectivity index (χ1n) is 49.3. The standard InChI is InChI=1S/C45H26N8S.C45H25N7OS.C33H19N7S/c1-6-16-34-29(11-1)30-12-2-7-17-35(30)49(34)27-21-23-39-41(25-27)51-36-18-8-3-13-31(36)46-43(51)50(39)28-22-24-40-42(26-28)53-38-20-10-5-15-33(38)48-45(53)54-44-47-32-14-4-9-19-37(32)52(40)44;1-4-12-34-31(9-1)46-43-49(37-15-7-8-16-38(37)50(34)43)28-19-22-42-30(25-28)29-23-26(18-21-41(29)53-42)27-17-20-39-40(24-27)52-36-14-6-3-11-33(36)48-45(52)54-44-47-32-10-2-5-13-35(32)51(39)44;1-4-12-24-21(9-1)34-31-37(27-15-7-8-16-28(27)38(24)31)20-17-18-29-30(19-20)40-26-14-6-3-11-23(26)36-33(40)41-32-35-22-10-2-5-13-25(22)39(29)32/h1-26H;1-25H;1-19H. The van der Waals surface area contributed by atoms with Gasteiger partial charge in [0, 0.05) is 27.2 Å². The fourth-order valence-corrected chi connectivity index (χ4v) is 26.5. The van der Waals surface area contributed by atoms with Crippen molar-refractivity contribution in [2.45, 2.75) is 0 Å². The molecule has 23 nitrogen and oxygen atoms in total. The smallest absolute Gasteiger partial charge is 0.220 e. The van der Waals surface area contributed by atoms with Gasteiger partial charge in [-0.1, -0.05) is 216 Å². The minimum absolute atomic E-state index is 0.847. The molecule has 0 atom stereocenters. The van der Waals surface area contributed by atoms with E-state index in [-0.39, 0.29) is 0 Å². The largest absolute Gasteiger partial charge is 0.456 e. The Balaban J connectivity index is 0.0000000963. The quantitative estimate of drug-likeness (QED) is 0.160. The van der Waals surface area contributed by atoms with E-state index < -0.39 is 0 Å². The molecule has 0 saturated carbocycles. The van der Waals surface area contributed by atoms with Gasteiger partial charge in [0.1, 0.15) is 11.2 Å². The summed E-state index contributed by atoms with van der Waals surface area (Å²) in [5.74, 6) is 2.63. The fraction of sp³-hybridized carbons (Fsp3) is 0. The van der Waals surface area contributed by atoms with Crippen LogP contribution in [0.1, 0.15) is 0 Å². The second-order valence-corrected chi connectivity index (χ2v) is 40.7. The van der Waals surface area contributed by atoms with Crippen molar-refractivity contribution in [1.82, 2.24) is 103 Å². The molecule has 17 aromatic heterocycles. The van der Waals surface area contributed by atoms with Gasteiger partial charge in [0.25, 0.3) is 0 Å². The molecular weight excluding hydrogens is 1900 g/mol. The normalized spacial score (nSPS) is 12.4. The topological polar surface area (TPSA) is 189 Å². The zero-order valence-corrected chi connectivity index (χ0v) is 80.8. The van der Waals surface area contributed by atoms with Gasteiger partial charge in [0.15, 0.2) is 29.8 Å². The van der Waals surface area contributed by atoms with Gasteiger partial charge in [-0.15, -0.1) is 0 Å². The Morgan fingerprint density at radius 1 is 0.148 bits per heavy atom. The van der Waals surface area contributed by atoms with Crippen LogP contribution in [0.5, 0.6) is 0 Å². The Hall–Kier alpha value is -19.9. The third kappa shape index (κ3) is 11.5. The molecule has 36 rings (SSSR count). The van der Waals surface area contributed by atoms with Crippen LogP contribution in [-0.2, 0) is 0 Å². The third-order valence-electron chi connectivity index (χ3n) is 29.9. The van der Waals surface area contributed by atoms with Gasteiger partial charge in [-0.3, -0.25) is 53.3 Å². The molecule has 149 heavy (non-hydrogen) atoms. The highest BCUT2D eigenvalue weighted by Crippen LogP contribution is 2.44. The Morgan fingerprint density at radius 2 is 0.369 bits per heavy atom. The summed E-state index contributed by atoms with van der Waals surface area (Å²) in [6.45, 7) is 0. The molecule has 0 spiro atoms. The number of hydrogen-bond donors (Lipinski definition) is 0. The van der Waals surface area contributed by atoms with Crippen molar-refractivity contribution in [3.05, 3.63) is 425 Å². The van der Waals surface area contributed by atoms with Gasteiger partial charge in [-0.25, -0.2) is 44.9 Å². The molecule has 0 unspecified atom stereocenters. The monoisotopic (exact) mass is 1970 g/mol. The molecule has 0 aliphatic heterocycles. The first-order valence-corrected chi connectivity index (χ1v) is 51.8. The van der Waals surface area contributed by atoms with Crippen LogP contribution in [0.15, 0.2) is 429 Å². The number of hydrogen-bond acceptors (Lipinski definition) is 13. The maximum atomic E-state index is 6.45. The Morgan fingerprint density at radius 3 is 0.738 bits per heavy atom. The first kappa shape index (κ1) is 80.6.